The topological polar surface area (TPSA) is 122 Å². The third-order valence-electron chi connectivity index (χ3n) is 2.99. The maximum atomic E-state index is 10.9. The van der Waals surface area contributed by atoms with Gasteiger partial charge in [-0.25, -0.2) is 0 Å². The van der Waals surface area contributed by atoms with Crippen molar-refractivity contribution in [2.24, 2.45) is 0 Å². The van der Waals surface area contributed by atoms with Crippen LogP contribution in [-0.4, -0.2) is 9.85 Å². The summed E-state index contributed by atoms with van der Waals surface area (Å²) in [6.07, 6.45) is 0. The highest BCUT2D eigenvalue weighted by atomic mass is 16.6. The number of para-hydroxylation sites is 1. The van der Waals surface area contributed by atoms with Crippen molar-refractivity contribution < 1.29 is 9.85 Å². The first-order chi connectivity index (χ1) is 10.5. The van der Waals surface area contributed by atoms with Crippen LogP contribution in [0.2, 0.25) is 0 Å². The van der Waals surface area contributed by atoms with Crippen LogP contribution in [0.3, 0.4) is 0 Å². The Morgan fingerprint density at radius 2 is 1.82 bits per heavy atom. The second-order valence-electron chi connectivity index (χ2n) is 4.34. The second-order valence-corrected chi connectivity index (χ2v) is 4.34. The van der Waals surface area contributed by atoms with Gasteiger partial charge in [-0.3, -0.25) is 20.2 Å². The minimum Gasteiger partial charge on any atom is -0.380 e. The fraction of sp³-hybridized carbons (Fsp3) is 0.0714. The van der Waals surface area contributed by atoms with Crippen molar-refractivity contribution in [3.05, 3.63) is 73.8 Å². The molecule has 0 amide bonds. The number of non-ortho nitro benzene ring substituents is 1. The molecular formula is C14H10N4O4. The van der Waals surface area contributed by atoms with E-state index in [9.17, 15) is 20.2 Å². The predicted octanol–water partition coefficient (Wildman–Crippen LogP) is 2.99. The van der Waals surface area contributed by atoms with E-state index in [2.05, 4.69) is 5.32 Å². The molecule has 0 bridgehead atoms. The maximum absolute atomic E-state index is 10.9. The van der Waals surface area contributed by atoms with Crippen molar-refractivity contribution >= 4 is 17.1 Å². The third kappa shape index (κ3) is 3.16. The molecule has 110 valence electrons. The molecule has 2 aromatic carbocycles. The van der Waals surface area contributed by atoms with Crippen molar-refractivity contribution in [1.29, 1.82) is 5.26 Å². The van der Waals surface area contributed by atoms with Gasteiger partial charge in [0.25, 0.3) is 11.4 Å². The number of rotatable bonds is 5. The lowest BCUT2D eigenvalue weighted by Crippen LogP contribution is -2.04. The van der Waals surface area contributed by atoms with Gasteiger partial charge in [0.05, 0.1) is 21.1 Å². The number of nitrogens with one attached hydrogen (secondary N) is 1. The Morgan fingerprint density at radius 3 is 2.45 bits per heavy atom. The van der Waals surface area contributed by atoms with Crippen LogP contribution >= 0.6 is 0 Å². The van der Waals surface area contributed by atoms with Crippen LogP contribution in [-0.2, 0) is 6.54 Å². The van der Waals surface area contributed by atoms with Crippen molar-refractivity contribution in [1.82, 2.24) is 0 Å². The predicted molar refractivity (Wildman–Crippen MR) is 78.2 cm³/mol. The quantitative estimate of drug-likeness (QED) is 0.668. The molecule has 1 N–H and O–H groups in total. The van der Waals surface area contributed by atoms with Crippen LogP contribution in [0.4, 0.5) is 17.1 Å². The zero-order valence-corrected chi connectivity index (χ0v) is 11.2. The Hall–Kier alpha value is -3.47. The second kappa shape index (κ2) is 6.32. The lowest BCUT2D eigenvalue weighted by Gasteiger charge is -2.08. The Labute approximate surface area is 124 Å². The lowest BCUT2D eigenvalue weighted by atomic mass is 10.1. The number of nitriles is 1. The minimum absolute atomic E-state index is 0.0320. The molecule has 0 heterocycles. The highest BCUT2D eigenvalue weighted by Crippen LogP contribution is 2.24. The fourth-order valence-corrected chi connectivity index (χ4v) is 1.92. The number of benzene rings is 2. The number of nitrogens with zero attached hydrogens (tertiary/aromatic N) is 3. The van der Waals surface area contributed by atoms with Crippen LogP contribution in [0.15, 0.2) is 42.5 Å². The summed E-state index contributed by atoms with van der Waals surface area (Å²) in [7, 11) is 0. The van der Waals surface area contributed by atoms with Crippen LogP contribution < -0.4 is 5.32 Å². The molecule has 0 saturated heterocycles. The molecule has 8 nitrogen and oxygen atoms in total. The van der Waals surface area contributed by atoms with Gasteiger partial charge in [0.2, 0.25) is 0 Å². The summed E-state index contributed by atoms with van der Waals surface area (Å²) >= 11 is 0. The normalized spacial score (nSPS) is 9.77. The van der Waals surface area contributed by atoms with Crippen LogP contribution in [0.25, 0.3) is 0 Å². The van der Waals surface area contributed by atoms with Gasteiger partial charge in [-0.05, 0) is 6.07 Å². The summed E-state index contributed by atoms with van der Waals surface area (Å²) in [6.45, 7) is 0.129. The van der Waals surface area contributed by atoms with Crippen molar-refractivity contribution in [2.75, 3.05) is 5.32 Å². The number of hydrogen-bond acceptors (Lipinski definition) is 6. The van der Waals surface area contributed by atoms with Crippen LogP contribution in [0.1, 0.15) is 11.1 Å². The Balaban J connectivity index is 2.24. The molecule has 2 rings (SSSR count). The lowest BCUT2D eigenvalue weighted by molar-refractivity contribution is -0.385. The van der Waals surface area contributed by atoms with Gasteiger partial charge in [-0.2, -0.15) is 5.26 Å². The zero-order chi connectivity index (χ0) is 16.1. The molecule has 0 aliphatic carbocycles. The van der Waals surface area contributed by atoms with Gasteiger partial charge in [0, 0.05) is 30.3 Å². The van der Waals surface area contributed by atoms with Crippen LogP contribution in [0, 0.1) is 31.6 Å². The number of anilines is 1. The molecule has 2 aromatic rings. The van der Waals surface area contributed by atoms with E-state index in [1.165, 1.54) is 18.2 Å². The first-order valence-electron chi connectivity index (χ1n) is 6.17. The smallest absolute Gasteiger partial charge is 0.274 e. The molecule has 0 saturated carbocycles. The Bertz CT molecular complexity index is 783. The summed E-state index contributed by atoms with van der Waals surface area (Å²) in [4.78, 5) is 20.5. The summed E-state index contributed by atoms with van der Waals surface area (Å²) in [5, 5.41) is 33.5. The number of nitro groups is 2. The summed E-state index contributed by atoms with van der Waals surface area (Å²) in [5.41, 5.74) is 0.719. The van der Waals surface area contributed by atoms with Gasteiger partial charge in [0.15, 0.2) is 0 Å². The fourth-order valence-electron chi connectivity index (χ4n) is 1.92. The molecule has 0 fully saturated rings. The average Bonchev–Trinajstić information content (AvgIpc) is 2.52. The van der Waals surface area contributed by atoms with Crippen molar-refractivity contribution in [3.63, 3.8) is 0 Å². The standard InChI is InChI=1S/C14H10N4O4/c15-8-11-7-12(17(19)20)5-6-13(11)16-9-10-3-1-2-4-14(10)18(21)22/h1-7,16H,9H2. The summed E-state index contributed by atoms with van der Waals surface area (Å²) in [6, 6.07) is 11.9. The number of nitro benzene ring substituents is 2. The first kappa shape index (κ1) is 14.9. The molecule has 0 aliphatic rings. The molecule has 0 unspecified atom stereocenters. The number of hydrogen-bond donors (Lipinski definition) is 1. The van der Waals surface area contributed by atoms with E-state index in [1.807, 2.05) is 6.07 Å². The van der Waals surface area contributed by atoms with Crippen LogP contribution in [0.5, 0.6) is 0 Å². The van der Waals surface area contributed by atoms with Gasteiger partial charge < -0.3 is 5.32 Å². The average molecular weight is 298 g/mol. The van der Waals surface area contributed by atoms with Crippen molar-refractivity contribution in [2.45, 2.75) is 6.54 Å². The van der Waals surface area contributed by atoms with E-state index in [4.69, 9.17) is 5.26 Å². The van der Waals surface area contributed by atoms with Gasteiger partial charge in [0.1, 0.15) is 6.07 Å². The first-order valence-corrected chi connectivity index (χ1v) is 6.17. The van der Waals surface area contributed by atoms with Gasteiger partial charge >= 0.3 is 0 Å². The molecule has 0 radical (unpaired) electrons. The third-order valence-corrected chi connectivity index (χ3v) is 2.99. The molecule has 22 heavy (non-hydrogen) atoms. The molecule has 0 aliphatic heterocycles. The van der Waals surface area contributed by atoms with Gasteiger partial charge in [-0.1, -0.05) is 18.2 Å². The monoisotopic (exact) mass is 298 g/mol. The molecule has 0 aromatic heterocycles. The zero-order valence-electron chi connectivity index (χ0n) is 11.2. The SMILES string of the molecule is N#Cc1cc([N+](=O)[O-])ccc1NCc1ccccc1[N+](=O)[O-]. The minimum atomic E-state index is -0.591. The van der Waals surface area contributed by atoms with E-state index in [0.29, 0.717) is 11.3 Å². The highest BCUT2D eigenvalue weighted by Gasteiger charge is 2.14. The van der Waals surface area contributed by atoms with E-state index in [0.717, 1.165) is 6.07 Å². The highest BCUT2D eigenvalue weighted by molar-refractivity contribution is 5.61. The van der Waals surface area contributed by atoms with E-state index in [1.54, 1.807) is 18.2 Å². The molecule has 0 atom stereocenters. The van der Waals surface area contributed by atoms with E-state index >= 15 is 0 Å². The molecule has 8 heteroatoms. The van der Waals surface area contributed by atoms with Gasteiger partial charge in [-0.15, -0.1) is 0 Å². The summed E-state index contributed by atoms with van der Waals surface area (Å²) < 4.78 is 0. The summed E-state index contributed by atoms with van der Waals surface area (Å²) in [5.74, 6) is 0. The van der Waals surface area contributed by atoms with E-state index in [-0.39, 0.29) is 23.5 Å². The Kier molecular flexibility index (Phi) is 4.29. The molecular weight excluding hydrogens is 288 g/mol. The largest absolute Gasteiger partial charge is 0.380 e. The van der Waals surface area contributed by atoms with E-state index < -0.39 is 9.85 Å². The maximum Gasteiger partial charge on any atom is 0.274 e. The molecule has 0 spiro atoms. The Morgan fingerprint density at radius 1 is 1.09 bits per heavy atom. The van der Waals surface area contributed by atoms with Crippen molar-refractivity contribution in [3.8, 4) is 6.07 Å².